The molecule has 1 heterocycles. The van der Waals surface area contributed by atoms with Crippen LogP contribution in [0.2, 0.25) is 0 Å². The summed E-state index contributed by atoms with van der Waals surface area (Å²) in [5.74, 6) is 1.41. The highest BCUT2D eigenvalue weighted by Gasteiger charge is 2.07. The molecule has 0 saturated heterocycles. The molecule has 0 aromatic carbocycles. The maximum Gasteiger partial charge on any atom is 0.137 e. The van der Waals surface area contributed by atoms with Gasteiger partial charge in [-0.05, 0) is 49.9 Å². The Morgan fingerprint density at radius 2 is 2.06 bits per heavy atom. The highest BCUT2D eigenvalue weighted by molar-refractivity contribution is 5.25. The molecule has 0 saturated carbocycles. The van der Waals surface area contributed by atoms with Crippen molar-refractivity contribution in [2.75, 3.05) is 19.7 Å². The third kappa shape index (κ3) is 5.50. The minimum atomic E-state index is 0.520. The number of hydrogen-bond donors (Lipinski definition) is 1. The molecule has 1 aromatic heterocycles. The topological polar surface area (TPSA) is 34.2 Å². The van der Waals surface area contributed by atoms with Crippen LogP contribution in [0.4, 0.5) is 0 Å². The summed E-state index contributed by atoms with van der Waals surface area (Å²) in [5.41, 5.74) is 1.27. The Hall–Kier alpha value is -1.09. The minimum absolute atomic E-state index is 0.520. The lowest BCUT2D eigenvalue weighted by molar-refractivity contribution is 0.315. The minimum Gasteiger partial charge on any atom is -0.492 e. The number of aromatic nitrogens is 1. The maximum absolute atomic E-state index is 5.61. The average Bonchev–Trinajstić information content (AvgIpc) is 2.41. The quantitative estimate of drug-likeness (QED) is 0.682. The van der Waals surface area contributed by atoms with Gasteiger partial charge in [0.15, 0.2) is 0 Å². The Kier molecular flexibility index (Phi) is 7.42. The van der Waals surface area contributed by atoms with Crippen LogP contribution in [0, 0.1) is 0 Å². The van der Waals surface area contributed by atoms with Crippen molar-refractivity contribution < 1.29 is 4.74 Å². The van der Waals surface area contributed by atoms with E-state index in [2.05, 4.69) is 37.1 Å². The molecule has 0 bridgehead atoms. The summed E-state index contributed by atoms with van der Waals surface area (Å²) in [6, 6.07) is 2.12. The van der Waals surface area contributed by atoms with E-state index in [4.69, 9.17) is 4.74 Å². The van der Waals surface area contributed by atoms with E-state index in [0.717, 1.165) is 38.3 Å². The molecule has 18 heavy (non-hydrogen) atoms. The van der Waals surface area contributed by atoms with Gasteiger partial charge in [-0.25, -0.2) is 0 Å². The van der Waals surface area contributed by atoms with Crippen LogP contribution in [0.1, 0.15) is 51.5 Å². The molecular formula is C15H26N2O. The van der Waals surface area contributed by atoms with Crippen LogP contribution in [0.25, 0.3) is 0 Å². The van der Waals surface area contributed by atoms with Crippen molar-refractivity contribution in [3.8, 4) is 5.75 Å². The number of nitrogens with one attached hydrogen (secondary N) is 1. The number of hydrogen-bond acceptors (Lipinski definition) is 3. The van der Waals surface area contributed by atoms with E-state index in [-0.39, 0.29) is 0 Å². The van der Waals surface area contributed by atoms with Crippen molar-refractivity contribution in [3.63, 3.8) is 0 Å². The number of nitrogens with zero attached hydrogens (tertiary/aromatic N) is 1. The van der Waals surface area contributed by atoms with E-state index in [0.29, 0.717) is 5.92 Å². The first-order valence-corrected chi connectivity index (χ1v) is 7.06. The van der Waals surface area contributed by atoms with Crippen LogP contribution in [0.5, 0.6) is 5.75 Å². The monoisotopic (exact) mass is 250 g/mol. The summed E-state index contributed by atoms with van der Waals surface area (Å²) in [6.07, 6.45) is 7.10. The lowest BCUT2D eigenvalue weighted by Gasteiger charge is -2.13. The Morgan fingerprint density at radius 1 is 1.22 bits per heavy atom. The highest BCUT2D eigenvalue weighted by Crippen LogP contribution is 2.21. The second-order valence-corrected chi connectivity index (χ2v) is 4.74. The fourth-order valence-electron chi connectivity index (χ4n) is 1.79. The van der Waals surface area contributed by atoms with Gasteiger partial charge in [0.05, 0.1) is 12.8 Å². The van der Waals surface area contributed by atoms with Crippen molar-refractivity contribution in [1.29, 1.82) is 0 Å². The lowest BCUT2D eigenvalue weighted by atomic mass is 9.99. The predicted molar refractivity (Wildman–Crippen MR) is 76.2 cm³/mol. The fourth-order valence-corrected chi connectivity index (χ4v) is 1.79. The van der Waals surface area contributed by atoms with Gasteiger partial charge in [-0.1, -0.05) is 20.8 Å². The second-order valence-electron chi connectivity index (χ2n) is 4.74. The van der Waals surface area contributed by atoms with Crippen LogP contribution in [-0.2, 0) is 0 Å². The molecule has 0 aliphatic carbocycles. The van der Waals surface area contributed by atoms with Crippen LogP contribution in [-0.4, -0.2) is 24.7 Å². The van der Waals surface area contributed by atoms with Crippen LogP contribution in [0.15, 0.2) is 18.5 Å². The number of ether oxygens (including phenoxy) is 1. The normalized spacial score (nSPS) is 12.4. The fraction of sp³-hybridized carbons (Fsp3) is 0.667. The molecule has 0 aliphatic heterocycles. The molecule has 1 atom stereocenters. The first kappa shape index (κ1) is 15.0. The Morgan fingerprint density at radius 3 is 2.78 bits per heavy atom. The Labute approximate surface area is 111 Å². The molecule has 1 unspecified atom stereocenters. The SMILES string of the molecule is CCCNCCC(C)c1cncc(OCCC)c1. The lowest BCUT2D eigenvalue weighted by Crippen LogP contribution is -2.17. The van der Waals surface area contributed by atoms with E-state index in [1.54, 1.807) is 6.20 Å². The zero-order chi connectivity index (χ0) is 13.2. The molecule has 1 rings (SSSR count). The Bertz CT molecular complexity index is 328. The van der Waals surface area contributed by atoms with Gasteiger partial charge in [-0.2, -0.15) is 0 Å². The summed E-state index contributed by atoms with van der Waals surface area (Å²) in [5, 5.41) is 3.43. The molecule has 1 N–H and O–H groups in total. The smallest absolute Gasteiger partial charge is 0.137 e. The first-order valence-electron chi connectivity index (χ1n) is 7.06. The predicted octanol–water partition coefficient (Wildman–Crippen LogP) is 3.36. The Balaban J connectivity index is 2.43. The van der Waals surface area contributed by atoms with Gasteiger partial charge in [-0.15, -0.1) is 0 Å². The zero-order valence-electron chi connectivity index (χ0n) is 11.9. The standard InChI is InChI=1S/C15H26N2O/c1-4-7-16-8-6-13(3)14-10-15(12-17-11-14)18-9-5-2/h10-13,16H,4-9H2,1-3H3. The molecule has 1 aromatic rings. The van der Waals surface area contributed by atoms with Crippen LogP contribution in [0.3, 0.4) is 0 Å². The molecular weight excluding hydrogens is 224 g/mol. The van der Waals surface area contributed by atoms with Gasteiger partial charge in [-0.3, -0.25) is 4.98 Å². The van der Waals surface area contributed by atoms with Crippen molar-refractivity contribution in [2.45, 2.75) is 46.0 Å². The largest absolute Gasteiger partial charge is 0.492 e. The molecule has 0 radical (unpaired) electrons. The first-order chi connectivity index (χ1) is 8.77. The van der Waals surface area contributed by atoms with Gasteiger partial charge in [0.2, 0.25) is 0 Å². The number of pyridine rings is 1. The summed E-state index contributed by atoms with van der Waals surface area (Å²) in [6.45, 7) is 9.47. The van der Waals surface area contributed by atoms with E-state index in [9.17, 15) is 0 Å². The molecule has 0 fully saturated rings. The maximum atomic E-state index is 5.61. The van der Waals surface area contributed by atoms with E-state index < -0.39 is 0 Å². The van der Waals surface area contributed by atoms with E-state index in [1.165, 1.54) is 12.0 Å². The molecule has 3 nitrogen and oxygen atoms in total. The summed E-state index contributed by atoms with van der Waals surface area (Å²) in [7, 11) is 0. The highest BCUT2D eigenvalue weighted by atomic mass is 16.5. The van der Waals surface area contributed by atoms with E-state index >= 15 is 0 Å². The molecule has 102 valence electrons. The van der Waals surface area contributed by atoms with Crippen molar-refractivity contribution in [1.82, 2.24) is 10.3 Å². The van der Waals surface area contributed by atoms with Gasteiger partial charge >= 0.3 is 0 Å². The second kappa shape index (κ2) is 8.92. The molecule has 3 heteroatoms. The average molecular weight is 250 g/mol. The van der Waals surface area contributed by atoms with Crippen molar-refractivity contribution >= 4 is 0 Å². The van der Waals surface area contributed by atoms with Gasteiger partial charge in [0, 0.05) is 6.20 Å². The van der Waals surface area contributed by atoms with Crippen molar-refractivity contribution in [3.05, 3.63) is 24.0 Å². The van der Waals surface area contributed by atoms with Gasteiger partial charge < -0.3 is 10.1 Å². The zero-order valence-corrected chi connectivity index (χ0v) is 11.9. The third-order valence-corrected chi connectivity index (χ3v) is 2.96. The summed E-state index contributed by atoms with van der Waals surface area (Å²) < 4.78 is 5.61. The van der Waals surface area contributed by atoms with Crippen LogP contribution >= 0.6 is 0 Å². The molecule has 0 amide bonds. The van der Waals surface area contributed by atoms with E-state index in [1.807, 2.05) is 6.20 Å². The summed E-state index contributed by atoms with van der Waals surface area (Å²) >= 11 is 0. The number of rotatable bonds is 9. The van der Waals surface area contributed by atoms with Gasteiger partial charge in [0.1, 0.15) is 5.75 Å². The molecule has 0 spiro atoms. The van der Waals surface area contributed by atoms with Gasteiger partial charge in [0.25, 0.3) is 0 Å². The summed E-state index contributed by atoms with van der Waals surface area (Å²) in [4.78, 5) is 4.26. The van der Waals surface area contributed by atoms with Crippen LogP contribution < -0.4 is 10.1 Å². The molecule has 0 aliphatic rings. The third-order valence-electron chi connectivity index (χ3n) is 2.96. The van der Waals surface area contributed by atoms with Crippen molar-refractivity contribution in [2.24, 2.45) is 0 Å².